The number of hydrogen-bond donors (Lipinski definition) is 1. The molecule has 1 fully saturated rings. The molecule has 0 aliphatic carbocycles. The molecule has 7 nitrogen and oxygen atoms in total. The van der Waals surface area contributed by atoms with Crippen LogP contribution in [0.25, 0.3) is 0 Å². The molecule has 1 saturated heterocycles. The first-order valence-electron chi connectivity index (χ1n) is 15.1. The van der Waals surface area contributed by atoms with Crippen molar-refractivity contribution in [3.63, 3.8) is 0 Å². The van der Waals surface area contributed by atoms with Crippen LogP contribution in [0.5, 0.6) is 11.5 Å². The number of amides is 2. The summed E-state index contributed by atoms with van der Waals surface area (Å²) < 4.78 is 20.3. The van der Waals surface area contributed by atoms with Gasteiger partial charge in [-0.3, -0.25) is 19.2 Å². The van der Waals surface area contributed by atoms with Crippen molar-refractivity contribution in [3.8, 4) is 11.5 Å². The summed E-state index contributed by atoms with van der Waals surface area (Å²) in [6.07, 6.45) is 2.77. The number of hydrogen-bond acceptors (Lipinski definition) is 5. The Morgan fingerprint density at radius 2 is 1.63 bits per heavy atom. The van der Waals surface area contributed by atoms with E-state index in [1.807, 2.05) is 48.5 Å². The Hall–Kier alpha value is -4.33. The Morgan fingerprint density at radius 1 is 0.860 bits per heavy atom. The van der Waals surface area contributed by atoms with Crippen LogP contribution in [-0.4, -0.2) is 47.4 Å². The third-order valence-corrected chi connectivity index (χ3v) is 8.22. The van der Waals surface area contributed by atoms with E-state index in [1.165, 1.54) is 6.07 Å². The SMILES string of the molecule is O=C1CCc2cccc(c2)Oc2ccc(cc2)CC(C(=O)CCc2ccccc2F)NC(=O)C(CC(=O)N2CCCC2)C1. The Labute approximate surface area is 251 Å². The van der Waals surface area contributed by atoms with E-state index in [4.69, 9.17) is 4.74 Å². The highest BCUT2D eigenvalue weighted by Gasteiger charge is 2.31. The smallest absolute Gasteiger partial charge is 0.224 e. The predicted octanol–water partition coefficient (Wildman–Crippen LogP) is 5.38. The fourth-order valence-corrected chi connectivity index (χ4v) is 5.72. The number of halogens is 1. The van der Waals surface area contributed by atoms with Gasteiger partial charge >= 0.3 is 0 Å². The van der Waals surface area contributed by atoms with Crippen molar-refractivity contribution in [2.75, 3.05) is 13.1 Å². The lowest BCUT2D eigenvalue weighted by Crippen LogP contribution is -2.46. The van der Waals surface area contributed by atoms with Crippen LogP contribution in [0.2, 0.25) is 0 Å². The number of Topliss-reactive ketones (excluding diaryl/α,β-unsaturated/α-hetero) is 2. The molecule has 8 heteroatoms. The summed E-state index contributed by atoms with van der Waals surface area (Å²) in [5, 5.41) is 2.88. The van der Waals surface area contributed by atoms with Gasteiger partial charge in [0.15, 0.2) is 5.78 Å². The number of likely N-dealkylation sites (tertiary alicyclic amines) is 1. The number of carbonyl (C=O) groups excluding carboxylic acids is 4. The first kappa shape index (κ1) is 30.1. The summed E-state index contributed by atoms with van der Waals surface area (Å²) in [5.74, 6) is -1.03. The lowest BCUT2D eigenvalue weighted by Gasteiger charge is -2.24. The van der Waals surface area contributed by atoms with Gasteiger partial charge in [0.05, 0.1) is 12.0 Å². The number of ether oxygens (including phenoxy) is 1. The largest absolute Gasteiger partial charge is 0.457 e. The van der Waals surface area contributed by atoms with Gasteiger partial charge in [-0.15, -0.1) is 0 Å². The standard InChI is InChI=1S/C35H37FN2O5/c36-31-9-2-1-7-26(31)13-17-33(40)32-21-25-11-15-29(16-12-25)43-30-8-5-6-24(20-30)10-14-28(39)22-27(35(42)37-32)23-34(41)38-18-3-4-19-38/h1-2,5-9,11-12,15-16,20,27,32H,3-4,10,13-14,17-19,21-23H2,(H,37,42). The molecule has 3 aromatic carbocycles. The molecule has 43 heavy (non-hydrogen) atoms. The predicted molar refractivity (Wildman–Crippen MR) is 160 cm³/mol. The molecule has 6 rings (SSSR count). The van der Waals surface area contributed by atoms with E-state index in [-0.39, 0.29) is 61.8 Å². The average molecular weight is 585 g/mol. The van der Waals surface area contributed by atoms with Crippen molar-refractivity contribution in [2.24, 2.45) is 5.92 Å². The summed E-state index contributed by atoms with van der Waals surface area (Å²) in [5.41, 5.74) is 2.16. The van der Waals surface area contributed by atoms with Gasteiger partial charge < -0.3 is 15.0 Å². The first-order valence-corrected chi connectivity index (χ1v) is 15.1. The van der Waals surface area contributed by atoms with Crippen molar-refractivity contribution in [1.82, 2.24) is 10.2 Å². The Morgan fingerprint density at radius 3 is 2.40 bits per heavy atom. The van der Waals surface area contributed by atoms with E-state index >= 15 is 0 Å². The Bertz CT molecular complexity index is 1470. The van der Waals surface area contributed by atoms with E-state index in [0.29, 0.717) is 36.6 Å². The lowest BCUT2D eigenvalue weighted by molar-refractivity contribution is -0.138. The van der Waals surface area contributed by atoms with Gasteiger partial charge in [-0.25, -0.2) is 4.39 Å². The zero-order valence-corrected chi connectivity index (χ0v) is 24.2. The van der Waals surface area contributed by atoms with Crippen LogP contribution in [0.4, 0.5) is 4.39 Å². The van der Waals surface area contributed by atoms with Gasteiger partial charge in [-0.05, 0) is 79.1 Å². The van der Waals surface area contributed by atoms with Crippen LogP contribution in [0.3, 0.4) is 0 Å². The fraction of sp³-hybridized carbons (Fsp3) is 0.371. The third-order valence-electron chi connectivity index (χ3n) is 8.22. The van der Waals surface area contributed by atoms with Crippen molar-refractivity contribution >= 4 is 23.4 Å². The van der Waals surface area contributed by atoms with Gasteiger partial charge in [-0.1, -0.05) is 42.5 Å². The molecule has 2 amide bonds. The molecule has 3 aromatic rings. The summed E-state index contributed by atoms with van der Waals surface area (Å²) in [6.45, 7) is 1.29. The van der Waals surface area contributed by atoms with Crippen LogP contribution in [0.1, 0.15) is 55.2 Å². The van der Waals surface area contributed by atoms with Crippen LogP contribution in [0, 0.1) is 11.7 Å². The molecule has 3 aliphatic rings. The Balaban J connectivity index is 1.41. The number of aryl methyl sites for hydroxylation is 2. The number of nitrogens with one attached hydrogen (secondary N) is 1. The van der Waals surface area contributed by atoms with Gasteiger partial charge in [0, 0.05) is 38.8 Å². The molecule has 3 heterocycles. The third kappa shape index (κ3) is 8.37. The minimum absolute atomic E-state index is 0.0268. The highest BCUT2D eigenvalue weighted by atomic mass is 19.1. The summed E-state index contributed by atoms with van der Waals surface area (Å²) in [6, 6.07) is 20.3. The van der Waals surface area contributed by atoms with Crippen molar-refractivity contribution in [3.05, 3.63) is 95.3 Å². The Kier molecular flexibility index (Phi) is 9.97. The zero-order valence-electron chi connectivity index (χ0n) is 24.2. The number of fused-ring (bicyclic) bond motifs is 10. The molecule has 0 radical (unpaired) electrons. The normalized spacial score (nSPS) is 19.4. The number of ketones is 2. The molecule has 224 valence electrons. The number of nitrogens with zero attached hydrogens (tertiary/aromatic N) is 1. The van der Waals surface area contributed by atoms with Crippen molar-refractivity contribution in [1.29, 1.82) is 0 Å². The number of benzene rings is 3. The number of carbonyl (C=O) groups is 4. The first-order chi connectivity index (χ1) is 20.8. The minimum Gasteiger partial charge on any atom is -0.457 e. The molecule has 2 unspecified atom stereocenters. The highest BCUT2D eigenvalue weighted by Crippen LogP contribution is 2.25. The van der Waals surface area contributed by atoms with Crippen LogP contribution in [-0.2, 0) is 38.4 Å². The van der Waals surface area contributed by atoms with Gasteiger partial charge in [0.25, 0.3) is 0 Å². The molecule has 3 aliphatic heterocycles. The lowest BCUT2D eigenvalue weighted by atomic mass is 9.92. The highest BCUT2D eigenvalue weighted by molar-refractivity contribution is 5.94. The molecular formula is C35H37FN2O5. The van der Waals surface area contributed by atoms with Crippen LogP contribution < -0.4 is 10.1 Å². The maximum absolute atomic E-state index is 14.3. The van der Waals surface area contributed by atoms with E-state index < -0.39 is 17.9 Å². The fourth-order valence-electron chi connectivity index (χ4n) is 5.72. The topological polar surface area (TPSA) is 92.8 Å². The van der Waals surface area contributed by atoms with E-state index in [2.05, 4.69) is 5.32 Å². The maximum Gasteiger partial charge on any atom is 0.224 e. The van der Waals surface area contributed by atoms with E-state index in [0.717, 1.165) is 24.0 Å². The molecule has 0 saturated carbocycles. The van der Waals surface area contributed by atoms with E-state index in [9.17, 15) is 23.6 Å². The van der Waals surface area contributed by atoms with Crippen molar-refractivity contribution in [2.45, 2.75) is 63.8 Å². The zero-order chi connectivity index (χ0) is 30.2. The monoisotopic (exact) mass is 584 g/mol. The quantitative estimate of drug-likeness (QED) is 0.420. The second kappa shape index (κ2) is 14.2. The summed E-state index contributed by atoms with van der Waals surface area (Å²) >= 11 is 0. The second-order valence-corrected chi connectivity index (χ2v) is 11.4. The second-order valence-electron chi connectivity index (χ2n) is 11.4. The maximum atomic E-state index is 14.3. The minimum atomic E-state index is -0.906. The van der Waals surface area contributed by atoms with E-state index in [1.54, 1.807) is 23.1 Å². The van der Waals surface area contributed by atoms with Crippen molar-refractivity contribution < 1.29 is 28.3 Å². The number of rotatable bonds is 6. The molecule has 0 spiro atoms. The van der Waals surface area contributed by atoms with Crippen LogP contribution >= 0.6 is 0 Å². The van der Waals surface area contributed by atoms with Gasteiger partial charge in [0.1, 0.15) is 23.1 Å². The molecule has 4 bridgehead atoms. The summed E-state index contributed by atoms with van der Waals surface area (Å²) in [4.78, 5) is 55.2. The van der Waals surface area contributed by atoms with Gasteiger partial charge in [-0.2, -0.15) is 0 Å². The molecule has 1 N–H and O–H groups in total. The van der Waals surface area contributed by atoms with Gasteiger partial charge in [0.2, 0.25) is 11.8 Å². The molecule has 0 aromatic heterocycles. The molecular weight excluding hydrogens is 547 g/mol. The van der Waals surface area contributed by atoms with Crippen LogP contribution in [0.15, 0.2) is 72.8 Å². The average Bonchev–Trinajstić information content (AvgIpc) is 3.55. The summed E-state index contributed by atoms with van der Waals surface area (Å²) in [7, 11) is 0. The molecule has 2 atom stereocenters.